The van der Waals surface area contributed by atoms with Crippen LogP contribution in [0.4, 0.5) is 18.9 Å². The molecule has 6 nitrogen and oxygen atoms in total. The highest BCUT2D eigenvalue weighted by molar-refractivity contribution is 5.93. The van der Waals surface area contributed by atoms with E-state index in [1.807, 2.05) is 29.2 Å². The van der Waals surface area contributed by atoms with Crippen molar-refractivity contribution in [2.24, 2.45) is 0 Å². The van der Waals surface area contributed by atoms with E-state index in [2.05, 4.69) is 5.32 Å². The molecule has 2 aromatic carbocycles. The largest absolute Gasteiger partial charge is 0.497 e. The molecule has 3 rings (SSSR count). The number of nitrogens with zero attached hydrogens (tertiary/aromatic N) is 2. The molecule has 0 atom stereocenters. The van der Waals surface area contributed by atoms with E-state index >= 15 is 0 Å². The highest BCUT2D eigenvalue weighted by Crippen LogP contribution is 2.34. The number of rotatable bonds is 7. The van der Waals surface area contributed by atoms with Crippen molar-refractivity contribution in [3.8, 4) is 5.75 Å². The molecule has 0 radical (unpaired) electrons. The van der Waals surface area contributed by atoms with Gasteiger partial charge in [-0.1, -0.05) is 24.3 Å². The van der Waals surface area contributed by atoms with Crippen LogP contribution in [0, 0.1) is 0 Å². The Morgan fingerprint density at radius 3 is 2.28 bits per heavy atom. The lowest BCUT2D eigenvalue weighted by molar-refractivity contribution is -0.137. The molecule has 2 amide bonds. The van der Waals surface area contributed by atoms with Crippen molar-refractivity contribution in [1.29, 1.82) is 0 Å². The van der Waals surface area contributed by atoms with Crippen molar-refractivity contribution in [3.63, 3.8) is 0 Å². The Morgan fingerprint density at radius 2 is 1.66 bits per heavy atom. The van der Waals surface area contributed by atoms with Gasteiger partial charge in [-0.3, -0.25) is 14.5 Å². The summed E-state index contributed by atoms with van der Waals surface area (Å²) in [6.07, 6.45) is -3.52. The van der Waals surface area contributed by atoms with Gasteiger partial charge in [0.25, 0.3) is 0 Å². The molecule has 0 spiro atoms. The maximum absolute atomic E-state index is 13.1. The molecule has 1 aliphatic rings. The third-order valence-corrected chi connectivity index (χ3v) is 5.39. The molecule has 1 fully saturated rings. The van der Waals surface area contributed by atoms with Crippen LogP contribution >= 0.6 is 0 Å². The third-order valence-electron chi connectivity index (χ3n) is 5.39. The minimum Gasteiger partial charge on any atom is -0.497 e. The number of piperazine rings is 1. The van der Waals surface area contributed by atoms with Crippen LogP contribution in [0.3, 0.4) is 0 Å². The molecule has 32 heavy (non-hydrogen) atoms. The Hall–Kier alpha value is -3.07. The van der Waals surface area contributed by atoms with Gasteiger partial charge in [0.2, 0.25) is 11.8 Å². The van der Waals surface area contributed by atoms with Gasteiger partial charge in [0.05, 0.1) is 24.9 Å². The fourth-order valence-corrected chi connectivity index (χ4v) is 3.59. The van der Waals surface area contributed by atoms with Gasteiger partial charge >= 0.3 is 6.18 Å². The maximum atomic E-state index is 13.1. The van der Waals surface area contributed by atoms with Crippen molar-refractivity contribution in [2.75, 3.05) is 45.2 Å². The molecule has 172 valence electrons. The number of halogens is 3. The zero-order valence-corrected chi connectivity index (χ0v) is 17.8. The number of alkyl halides is 3. The highest BCUT2D eigenvalue weighted by Gasteiger charge is 2.33. The number of carbonyl (C=O) groups excluding carboxylic acids is 2. The van der Waals surface area contributed by atoms with Crippen LogP contribution in [0.5, 0.6) is 5.75 Å². The Bertz CT molecular complexity index is 924. The zero-order chi connectivity index (χ0) is 23.1. The lowest BCUT2D eigenvalue weighted by Crippen LogP contribution is -2.50. The molecule has 0 aliphatic carbocycles. The van der Waals surface area contributed by atoms with E-state index in [-0.39, 0.29) is 18.1 Å². The van der Waals surface area contributed by atoms with E-state index in [9.17, 15) is 22.8 Å². The Labute approximate surface area is 184 Å². The van der Waals surface area contributed by atoms with Gasteiger partial charge in [-0.25, -0.2) is 0 Å². The SMILES string of the molecule is COc1ccc(CCC(=O)N2CCN(CC(=O)Nc3ccccc3C(F)(F)F)CC2)cc1. The summed E-state index contributed by atoms with van der Waals surface area (Å²) >= 11 is 0. The number of carbonyl (C=O) groups is 2. The number of hydrogen-bond donors (Lipinski definition) is 1. The lowest BCUT2D eigenvalue weighted by atomic mass is 10.1. The molecule has 1 N–H and O–H groups in total. The Morgan fingerprint density at radius 1 is 1.00 bits per heavy atom. The second-order valence-electron chi connectivity index (χ2n) is 7.60. The number of nitrogens with one attached hydrogen (secondary N) is 1. The molecule has 1 heterocycles. The number of methoxy groups -OCH3 is 1. The molecule has 9 heteroatoms. The summed E-state index contributed by atoms with van der Waals surface area (Å²) in [6, 6.07) is 12.5. The van der Waals surface area contributed by atoms with E-state index in [4.69, 9.17) is 4.74 Å². The zero-order valence-electron chi connectivity index (χ0n) is 17.8. The monoisotopic (exact) mass is 449 g/mol. The summed E-state index contributed by atoms with van der Waals surface area (Å²) in [5.74, 6) is 0.298. The van der Waals surface area contributed by atoms with Crippen molar-refractivity contribution in [3.05, 3.63) is 59.7 Å². The van der Waals surface area contributed by atoms with Gasteiger partial charge < -0.3 is 15.0 Å². The quantitative estimate of drug-likeness (QED) is 0.704. The molecule has 0 saturated carbocycles. The molecular formula is C23H26F3N3O3. The van der Waals surface area contributed by atoms with E-state index in [0.29, 0.717) is 39.0 Å². The van der Waals surface area contributed by atoms with Gasteiger partial charge in [-0.05, 0) is 36.2 Å². The van der Waals surface area contributed by atoms with E-state index in [0.717, 1.165) is 17.4 Å². The molecule has 0 unspecified atom stereocenters. The maximum Gasteiger partial charge on any atom is 0.418 e. The third kappa shape index (κ3) is 6.46. The normalized spacial score (nSPS) is 14.8. The van der Waals surface area contributed by atoms with Crippen LogP contribution in [0.25, 0.3) is 0 Å². The van der Waals surface area contributed by atoms with Crippen molar-refractivity contribution < 1.29 is 27.5 Å². The second-order valence-corrected chi connectivity index (χ2v) is 7.60. The predicted octanol–water partition coefficient (Wildman–Crippen LogP) is 3.43. The first kappa shape index (κ1) is 23.6. The van der Waals surface area contributed by atoms with E-state index in [1.165, 1.54) is 18.2 Å². The van der Waals surface area contributed by atoms with Gasteiger partial charge in [0.15, 0.2) is 0 Å². The molecule has 2 aromatic rings. The first-order valence-corrected chi connectivity index (χ1v) is 10.4. The van der Waals surface area contributed by atoms with Crippen molar-refractivity contribution >= 4 is 17.5 Å². The second kappa shape index (κ2) is 10.5. The molecule has 1 aliphatic heterocycles. The Kier molecular flexibility index (Phi) is 7.74. The average Bonchev–Trinajstić information content (AvgIpc) is 2.78. The van der Waals surface area contributed by atoms with Crippen molar-refractivity contribution in [2.45, 2.75) is 19.0 Å². The summed E-state index contributed by atoms with van der Waals surface area (Å²) in [5.41, 5.74) is -0.0773. The van der Waals surface area contributed by atoms with Gasteiger partial charge in [0.1, 0.15) is 5.75 Å². The number of aryl methyl sites for hydroxylation is 1. The summed E-state index contributed by atoms with van der Waals surface area (Å²) in [4.78, 5) is 28.4. The van der Waals surface area contributed by atoms with Gasteiger partial charge in [-0.2, -0.15) is 13.2 Å². The Balaban J connectivity index is 1.43. The summed E-state index contributed by atoms with van der Waals surface area (Å²) < 4.78 is 44.4. The fourth-order valence-electron chi connectivity index (χ4n) is 3.59. The van der Waals surface area contributed by atoms with Gasteiger partial charge in [-0.15, -0.1) is 0 Å². The molecule has 1 saturated heterocycles. The molecule has 0 bridgehead atoms. The predicted molar refractivity (Wildman–Crippen MR) is 114 cm³/mol. The topological polar surface area (TPSA) is 61.9 Å². The number of benzene rings is 2. The first-order valence-electron chi connectivity index (χ1n) is 10.4. The van der Waals surface area contributed by atoms with Crippen LogP contribution in [0.1, 0.15) is 17.5 Å². The standard InChI is InChI=1S/C23H26F3N3O3/c1-32-18-9-6-17(7-10-18)8-11-22(31)29-14-12-28(13-15-29)16-21(30)27-20-5-3-2-4-19(20)23(24,25)26/h2-7,9-10H,8,11-16H2,1H3,(H,27,30). The minimum absolute atomic E-state index is 0.0277. The number of anilines is 1. The first-order chi connectivity index (χ1) is 15.3. The summed E-state index contributed by atoms with van der Waals surface area (Å²) in [5, 5.41) is 2.35. The van der Waals surface area contributed by atoms with Crippen LogP contribution in [-0.4, -0.2) is 61.4 Å². The lowest BCUT2D eigenvalue weighted by Gasteiger charge is -2.34. The fraction of sp³-hybridized carbons (Fsp3) is 0.391. The average molecular weight is 449 g/mol. The van der Waals surface area contributed by atoms with Gasteiger partial charge in [0, 0.05) is 32.6 Å². The number of para-hydroxylation sites is 1. The number of amides is 2. The number of ether oxygens (including phenoxy) is 1. The summed E-state index contributed by atoms with van der Waals surface area (Å²) in [6.45, 7) is 1.91. The smallest absolute Gasteiger partial charge is 0.418 e. The van der Waals surface area contributed by atoms with Crippen molar-refractivity contribution in [1.82, 2.24) is 9.80 Å². The number of hydrogen-bond acceptors (Lipinski definition) is 4. The van der Waals surface area contributed by atoms with Crippen LogP contribution < -0.4 is 10.1 Å². The summed E-state index contributed by atoms with van der Waals surface area (Å²) in [7, 11) is 1.60. The van der Waals surface area contributed by atoms with E-state index < -0.39 is 17.6 Å². The molecule has 0 aromatic heterocycles. The van der Waals surface area contributed by atoms with E-state index in [1.54, 1.807) is 12.0 Å². The van der Waals surface area contributed by atoms with Crippen LogP contribution in [-0.2, 0) is 22.2 Å². The molecular weight excluding hydrogens is 423 g/mol. The minimum atomic E-state index is -4.54. The highest BCUT2D eigenvalue weighted by atomic mass is 19.4. The van der Waals surface area contributed by atoms with Crippen LogP contribution in [0.2, 0.25) is 0 Å². The van der Waals surface area contributed by atoms with Crippen LogP contribution in [0.15, 0.2) is 48.5 Å².